The molecule has 0 bridgehead atoms. The Morgan fingerprint density at radius 2 is 1.93 bits per heavy atom. The number of hydrogen-bond acceptors (Lipinski definition) is 2. The summed E-state index contributed by atoms with van der Waals surface area (Å²) in [6, 6.07) is 8.58. The molecule has 3 N–H and O–H groups in total. The normalized spacial score (nSPS) is 14.9. The molecule has 15 heavy (non-hydrogen) atoms. The highest BCUT2D eigenvalue weighted by atomic mass is 79.9. The van der Waals surface area contributed by atoms with Crippen LogP contribution in [-0.2, 0) is 0 Å². The van der Waals surface area contributed by atoms with Gasteiger partial charge in [-0.15, -0.1) is 0 Å². The second-order valence-electron chi connectivity index (χ2n) is 4.02. The summed E-state index contributed by atoms with van der Waals surface area (Å²) in [6.45, 7) is 4.46. The number of rotatable bonds is 5. The lowest BCUT2D eigenvalue weighted by Crippen LogP contribution is -2.29. The summed E-state index contributed by atoms with van der Waals surface area (Å²) in [5, 5.41) is 0. The van der Waals surface area contributed by atoms with Gasteiger partial charge in [0.15, 0.2) is 0 Å². The smallest absolute Gasteiger partial charge is 0.0462 e. The molecule has 0 aromatic heterocycles. The van der Waals surface area contributed by atoms with Crippen LogP contribution in [0, 0.1) is 5.92 Å². The van der Waals surface area contributed by atoms with E-state index in [1.54, 1.807) is 0 Å². The van der Waals surface area contributed by atoms with E-state index in [1.807, 2.05) is 0 Å². The van der Waals surface area contributed by atoms with Crippen LogP contribution in [0.1, 0.15) is 38.3 Å². The lowest BCUT2D eigenvalue weighted by molar-refractivity contribution is 0.408. The van der Waals surface area contributed by atoms with Gasteiger partial charge in [-0.25, -0.2) is 0 Å². The van der Waals surface area contributed by atoms with Gasteiger partial charge in [0.1, 0.15) is 0 Å². The lowest BCUT2D eigenvalue weighted by atomic mass is 9.95. The topological polar surface area (TPSA) is 38.0 Å². The molecule has 0 amide bonds. The van der Waals surface area contributed by atoms with Gasteiger partial charge in [0.25, 0.3) is 0 Å². The Labute approximate surface area is 100 Å². The van der Waals surface area contributed by atoms with Gasteiger partial charge in [0, 0.05) is 10.5 Å². The number of hydrazine groups is 1. The molecule has 1 rings (SSSR count). The average Bonchev–Trinajstić information content (AvgIpc) is 2.27. The molecule has 0 aliphatic carbocycles. The minimum Gasteiger partial charge on any atom is -0.271 e. The highest BCUT2D eigenvalue weighted by Gasteiger charge is 2.12. The monoisotopic (exact) mass is 270 g/mol. The third-order valence-electron chi connectivity index (χ3n) is 2.81. The first-order chi connectivity index (χ1) is 7.17. The van der Waals surface area contributed by atoms with Crippen molar-refractivity contribution in [2.45, 2.75) is 32.7 Å². The second-order valence-corrected chi connectivity index (χ2v) is 4.94. The summed E-state index contributed by atoms with van der Waals surface area (Å²) in [5.74, 6) is 6.27. The van der Waals surface area contributed by atoms with Crippen molar-refractivity contribution in [3.8, 4) is 0 Å². The first-order valence-corrected chi connectivity index (χ1v) is 6.18. The fourth-order valence-electron chi connectivity index (χ4n) is 1.56. The van der Waals surface area contributed by atoms with E-state index in [2.05, 4.69) is 59.5 Å². The van der Waals surface area contributed by atoms with Gasteiger partial charge in [-0.3, -0.25) is 11.3 Å². The third-order valence-corrected chi connectivity index (χ3v) is 3.34. The van der Waals surface area contributed by atoms with Gasteiger partial charge in [-0.2, -0.15) is 0 Å². The van der Waals surface area contributed by atoms with Crippen LogP contribution in [0.3, 0.4) is 0 Å². The van der Waals surface area contributed by atoms with Crippen LogP contribution in [0.4, 0.5) is 0 Å². The predicted octanol–water partition coefficient (Wildman–Crippen LogP) is 3.39. The summed E-state index contributed by atoms with van der Waals surface area (Å²) in [7, 11) is 0. The van der Waals surface area contributed by atoms with Crippen molar-refractivity contribution in [2.75, 3.05) is 0 Å². The molecule has 1 aromatic carbocycles. The molecule has 0 heterocycles. The van der Waals surface area contributed by atoms with E-state index in [9.17, 15) is 0 Å². The Balaban J connectivity index is 2.69. The molecule has 84 valence electrons. The highest BCUT2D eigenvalue weighted by molar-refractivity contribution is 9.10. The van der Waals surface area contributed by atoms with Crippen LogP contribution in [0.15, 0.2) is 28.7 Å². The van der Waals surface area contributed by atoms with Gasteiger partial charge in [-0.05, 0) is 30.0 Å². The Morgan fingerprint density at radius 3 is 2.40 bits per heavy atom. The van der Waals surface area contributed by atoms with Crippen LogP contribution >= 0.6 is 15.9 Å². The van der Waals surface area contributed by atoms with Crippen molar-refractivity contribution in [1.29, 1.82) is 0 Å². The zero-order chi connectivity index (χ0) is 11.3. The van der Waals surface area contributed by atoms with Crippen molar-refractivity contribution >= 4 is 15.9 Å². The maximum Gasteiger partial charge on any atom is 0.0462 e. The number of hydrogen-bond donors (Lipinski definition) is 2. The third kappa shape index (κ3) is 3.93. The maximum atomic E-state index is 5.58. The van der Waals surface area contributed by atoms with E-state index >= 15 is 0 Å². The van der Waals surface area contributed by atoms with Crippen molar-refractivity contribution in [1.82, 2.24) is 5.43 Å². The van der Waals surface area contributed by atoms with E-state index in [-0.39, 0.29) is 6.04 Å². The Morgan fingerprint density at radius 1 is 1.33 bits per heavy atom. The molecule has 1 aromatic rings. The van der Waals surface area contributed by atoms with E-state index in [4.69, 9.17) is 5.84 Å². The Kier molecular flexibility index (Phi) is 5.29. The summed E-state index contributed by atoms with van der Waals surface area (Å²) < 4.78 is 1.10. The first-order valence-electron chi connectivity index (χ1n) is 5.39. The van der Waals surface area contributed by atoms with E-state index < -0.39 is 0 Å². The zero-order valence-corrected chi connectivity index (χ0v) is 10.9. The second kappa shape index (κ2) is 6.26. The van der Waals surface area contributed by atoms with Gasteiger partial charge in [0.05, 0.1) is 0 Å². The molecule has 3 heteroatoms. The Bertz CT molecular complexity index is 284. The average molecular weight is 271 g/mol. The van der Waals surface area contributed by atoms with Crippen LogP contribution in [0.5, 0.6) is 0 Å². The summed E-state index contributed by atoms with van der Waals surface area (Å²) in [6.07, 6.45) is 2.27. The SMILES string of the molecule is CCC(C)CC(NN)c1ccc(Br)cc1. The van der Waals surface area contributed by atoms with Gasteiger partial charge in [-0.1, -0.05) is 48.3 Å². The minimum atomic E-state index is 0.257. The number of nitrogens with two attached hydrogens (primary N) is 1. The molecule has 2 atom stereocenters. The fourth-order valence-corrected chi connectivity index (χ4v) is 1.83. The molecular weight excluding hydrogens is 252 g/mol. The largest absolute Gasteiger partial charge is 0.271 e. The van der Waals surface area contributed by atoms with Gasteiger partial charge < -0.3 is 0 Å². The molecule has 0 aliphatic heterocycles. The molecular formula is C12H19BrN2. The molecule has 2 unspecified atom stereocenters. The van der Waals surface area contributed by atoms with Crippen LogP contribution in [0.2, 0.25) is 0 Å². The summed E-state index contributed by atoms with van der Waals surface area (Å²) in [5.41, 5.74) is 4.14. The fraction of sp³-hybridized carbons (Fsp3) is 0.500. The number of benzene rings is 1. The van der Waals surface area contributed by atoms with Crippen LogP contribution in [0.25, 0.3) is 0 Å². The van der Waals surface area contributed by atoms with E-state index in [0.717, 1.165) is 10.9 Å². The molecule has 0 aliphatic rings. The highest BCUT2D eigenvalue weighted by Crippen LogP contribution is 2.23. The van der Waals surface area contributed by atoms with E-state index in [0.29, 0.717) is 5.92 Å². The maximum absolute atomic E-state index is 5.58. The first kappa shape index (κ1) is 12.7. The molecule has 0 saturated heterocycles. The molecule has 2 nitrogen and oxygen atoms in total. The molecule has 0 saturated carbocycles. The predicted molar refractivity (Wildman–Crippen MR) is 68.3 cm³/mol. The minimum absolute atomic E-state index is 0.257. The Hall–Kier alpha value is -0.380. The standard InChI is InChI=1S/C12H19BrN2/c1-3-9(2)8-12(15-14)10-4-6-11(13)7-5-10/h4-7,9,12,15H,3,8,14H2,1-2H3. The lowest BCUT2D eigenvalue weighted by Gasteiger charge is -2.19. The molecule has 0 radical (unpaired) electrons. The van der Waals surface area contributed by atoms with Crippen LogP contribution in [-0.4, -0.2) is 0 Å². The van der Waals surface area contributed by atoms with Crippen molar-refractivity contribution < 1.29 is 0 Å². The quantitative estimate of drug-likeness (QED) is 0.636. The summed E-state index contributed by atoms with van der Waals surface area (Å²) >= 11 is 3.43. The van der Waals surface area contributed by atoms with Gasteiger partial charge >= 0.3 is 0 Å². The van der Waals surface area contributed by atoms with Crippen molar-refractivity contribution in [2.24, 2.45) is 11.8 Å². The molecule has 0 fully saturated rings. The molecule has 0 spiro atoms. The number of halogens is 1. The van der Waals surface area contributed by atoms with Crippen LogP contribution < -0.4 is 11.3 Å². The zero-order valence-electron chi connectivity index (χ0n) is 9.33. The van der Waals surface area contributed by atoms with Gasteiger partial charge in [0.2, 0.25) is 0 Å². The number of nitrogens with one attached hydrogen (secondary N) is 1. The van der Waals surface area contributed by atoms with E-state index in [1.165, 1.54) is 12.0 Å². The van der Waals surface area contributed by atoms with Crippen molar-refractivity contribution in [3.05, 3.63) is 34.3 Å². The van der Waals surface area contributed by atoms with Crippen molar-refractivity contribution in [3.63, 3.8) is 0 Å². The summed E-state index contributed by atoms with van der Waals surface area (Å²) in [4.78, 5) is 0.